The Morgan fingerprint density at radius 1 is 1.47 bits per heavy atom. The molecule has 0 atom stereocenters. The summed E-state index contributed by atoms with van der Waals surface area (Å²) in [5, 5.41) is 8.72. The summed E-state index contributed by atoms with van der Waals surface area (Å²) >= 11 is 3.76. The second kappa shape index (κ2) is 4.67. The molecule has 1 rings (SSSR count). The van der Waals surface area contributed by atoms with Crippen LogP contribution < -0.4 is 0 Å². The molecule has 0 heterocycles. The molecule has 0 N–H and O–H groups in total. The number of ether oxygens (including phenoxy) is 1. The van der Waals surface area contributed by atoms with Gasteiger partial charge < -0.3 is 4.74 Å². The summed E-state index contributed by atoms with van der Waals surface area (Å²) in [5.41, 5.74) is -2.41. The Bertz CT molecular complexity index is 505. The number of hydrogen-bond acceptors (Lipinski definition) is 4. The SMILES string of the molecule is COC(=O)c1cc(S)cc(C(F)(F)F)c1C#N. The maximum Gasteiger partial charge on any atom is 0.417 e. The molecule has 0 amide bonds. The lowest BCUT2D eigenvalue weighted by Gasteiger charge is -2.12. The second-order valence-corrected chi connectivity index (χ2v) is 3.53. The third kappa shape index (κ3) is 2.71. The Morgan fingerprint density at radius 3 is 2.47 bits per heavy atom. The fourth-order valence-electron chi connectivity index (χ4n) is 1.24. The van der Waals surface area contributed by atoms with E-state index in [2.05, 4.69) is 17.4 Å². The second-order valence-electron chi connectivity index (χ2n) is 3.02. The number of carbonyl (C=O) groups is 1. The maximum absolute atomic E-state index is 12.6. The first-order chi connectivity index (χ1) is 7.81. The van der Waals surface area contributed by atoms with Gasteiger partial charge >= 0.3 is 12.1 Å². The number of benzene rings is 1. The Hall–Kier alpha value is -1.68. The summed E-state index contributed by atoms with van der Waals surface area (Å²) in [4.78, 5) is 11.2. The van der Waals surface area contributed by atoms with Crippen molar-refractivity contribution in [2.75, 3.05) is 7.11 Å². The fourth-order valence-corrected chi connectivity index (χ4v) is 1.50. The molecule has 0 aliphatic carbocycles. The summed E-state index contributed by atoms with van der Waals surface area (Å²) in [7, 11) is 1.02. The van der Waals surface area contributed by atoms with E-state index >= 15 is 0 Å². The molecular weight excluding hydrogens is 255 g/mol. The van der Waals surface area contributed by atoms with Crippen molar-refractivity contribution in [3.8, 4) is 6.07 Å². The van der Waals surface area contributed by atoms with Crippen LogP contribution in [0.15, 0.2) is 17.0 Å². The van der Waals surface area contributed by atoms with E-state index in [9.17, 15) is 18.0 Å². The van der Waals surface area contributed by atoms with Crippen LogP contribution in [0.4, 0.5) is 13.2 Å². The highest BCUT2D eigenvalue weighted by atomic mass is 32.1. The first-order valence-electron chi connectivity index (χ1n) is 4.24. The molecular formula is C10H6F3NO2S. The molecule has 0 saturated carbocycles. The van der Waals surface area contributed by atoms with E-state index in [1.807, 2.05) is 0 Å². The minimum Gasteiger partial charge on any atom is -0.465 e. The van der Waals surface area contributed by atoms with Crippen LogP contribution in [0.1, 0.15) is 21.5 Å². The van der Waals surface area contributed by atoms with Gasteiger partial charge in [0.15, 0.2) is 0 Å². The molecule has 3 nitrogen and oxygen atoms in total. The summed E-state index contributed by atoms with van der Waals surface area (Å²) in [6.45, 7) is 0. The minimum atomic E-state index is -4.73. The average molecular weight is 261 g/mol. The Kier molecular flexibility index (Phi) is 3.68. The number of nitrogens with zero attached hydrogens (tertiary/aromatic N) is 1. The molecule has 17 heavy (non-hydrogen) atoms. The van der Waals surface area contributed by atoms with E-state index in [0.29, 0.717) is 6.07 Å². The van der Waals surface area contributed by atoms with Crippen LogP contribution in [0.25, 0.3) is 0 Å². The van der Waals surface area contributed by atoms with Gasteiger partial charge in [-0.15, -0.1) is 12.6 Å². The molecule has 0 aliphatic rings. The zero-order chi connectivity index (χ0) is 13.2. The molecule has 0 fully saturated rings. The van der Waals surface area contributed by atoms with Crippen molar-refractivity contribution in [3.63, 3.8) is 0 Å². The maximum atomic E-state index is 12.6. The van der Waals surface area contributed by atoms with E-state index in [1.54, 1.807) is 0 Å². The Labute approximate surface area is 100 Å². The lowest BCUT2D eigenvalue weighted by atomic mass is 10.0. The number of rotatable bonds is 1. The molecule has 1 aromatic carbocycles. The first kappa shape index (κ1) is 13.4. The quantitative estimate of drug-likeness (QED) is 0.624. The molecule has 0 saturated heterocycles. The standard InChI is InChI=1S/C10H6F3NO2S/c1-16-9(15)6-2-5(17)3-8(7(6)4-14)10(11,12)13/h2-3,17H,1H3. The van der Waals surface area contributed by atoms with E-state index in [4.69, 9.17) is 5.26 Å². The van der Waals surface area contributed by atoms with Gasteiger partial charge in [0.2, 0.25) is 0 Å². The zero-order valence-corrected chi connectivity index (χ0v) is 9.39. The van der Waals surface area contributed by atoms with Gasteiger partial charge in [0, 0.05) is 4.90 Å². The lowest BCUT2D eigenvalue weighted by molar-refractivity contribution is -0.137. The van der Waals surface area contributed by atoms with Crippen LogP contribution in [0.2, 0.25) is 0 Å². The van der Waals surface area contributed by atoms with Gasteiger partial charge in [0.1, 0.15) is 6.07 Å². The summed E-state index contributed by atoms with van der Waals surface area (Å²) in [5.74, 6) is -1.01. The summed E-state index contributed by atoms with van der Waals surface area (Å²) in [6, 6.07) is 3.11. The largest absolute Gasteiger partial charge is 0.465 e. The van der Waals surface area contributed by atoms with Gasteiger partial charge in [-0.1, -0.05) is 0 Å². The van der Waals surface area contributed by atoms with Gasteiger partial charge in [0.05, 0.1) is 23.8 Å². The zero-order valence-electron chi connectivity index (χ0n) is 8.50. The van der Waals surface area contributed by atoms with Gasteiger partial charge in [-0.3, -0.25) is 0 Å². The minimum absolute atomic E-state index is 0.0725. The molecule has 7 heteroatoms. The monoisotopic (exact) mass is 261 g/mol. The predicted molar refractivity (Wildman–Crippen MR) is 54.8 cm³/mol. The molecule has 0 radical (unpaired) electrons. The first-order valence-corrected chi connectivity index (χ1v) is 4.68. The van der Waals surface area contributed by atoms with Gasteiger partial charge in [0.25, 0.3) is 0 Å². The van der Waals surface area contributed by atoms with Crippen molar-refractivity contribution < 1.29 is 22.7 Å². The Morgan fingerprint density at radius 2 is 2.06 bits per heavy atom. The molecule has 0 aliphatic heterocycles. The van der Waals surface area contributed by atoms with E-state index in [0.717, 1.165) is 13.2 Å². The number of thiol groups is 1. The van der Waals surface area contributed by atoms with Crippen LogP contribution >= 0.6 is 12.6 Å². The highest BCUT2D eigenvalue weighted by Crippen LogP contribution is 2.35. The fraction of sp³-hybridized carbons (Fsp3) is 0.200. The third-order valence-electron chi connectivity index (χ3n) is 1.95. The Balaban J connectivity index is 3.59. The highest BCUT2D eigenvalue weighted by Gasteiger charge is 2.36. The topological polar surface area (TPSA) is 50.1 Å². The van der Waals surface area contributed by atoms with Gasteiger partial charge in [-0.25, -0.2) is 4.79 Å². The smallest absolute Gasteiger partial charge is 0.417 e. The number of nitriles is 1. The summed E-state index contributed by atoms with van der Waals surface area (Å²) < 4.78 is 42.2. The van der Waals surface area contributed by atoms with Crippen molar-refractivity contribution in [2.45, 2.75) is 11.1 Å². The predicted octanol–water partition coefficient (Wildman–Crippen LogP) is 2.65. The van der Waals surface area contributed by atoms with E-state index in [1.165, 1.54) is 6.07 Å². The molecule has 90 valence electrons. The molecule has 0 unspecified atom stereocenters. The van der Waals surface area contributed by atoms with E-state index in [-0.39, 0.29) is 4.90 Å². The molecule has 0 bridgehead atoms. The average Bonchev–Trinajstić information content (AvgIpc) is 2.25. The normalized spacial score (nSPS) is 10.8. The van der Waals surface area contributed by atoms with Crippen molar-refractivity contribution in [1.29, 1.82) is 5.26 Å². The number of methoxy groups -OCH3 is 1. The number of hydrogen-bond donors (Lipinski definition) is 1. The molecule has 0 aromatic heterocycles. The molecule has 1 aromatic rings. The number of halogens is 3. The van der Waals surface area contributed by atoms with Gasteiger partial charge in [-0.2, -0.15) is 18.4 Å². The van der Waals surface area contributed by atoms with Crippen LogP contribution in [0.3, 0.4) is 0 Å². The molecule has 0 spiro atoms. The van der Waals surface area contributed by atoms with Crippen LogP contribution in [0.5, 0.6) is 0 Å². The van der Waals surface area contributed by atoms with Crippen molar-refractivity contribution >= 4 is 18.6 Å². The van der Waals surface area contributed by atoms with Crippen molar-refractivity contribution in [2.24, 2.45) is 0 Å². The van der Waals surface area contributed by atoms with Crippen molar-refractivity contribution in [3.05, 3.63) is 28.8 Å². The van der Waals surface area contributed by atoms with Crippen LogP contribution in [0, 0.1) is 11.3 Å². The summed E-state index contributed by atoms with van der Waals surface area (Å²) in [6.07, 6.45) is -4.73. The van der Waals surface area contributed by atoms with Crippen LogP contribution in [-0.2, 0) is 10.9 Å². The van der Waals surface area contributed by atoms with E-state index < -0.39 is 28.8 Å². The number of esters is 1. The van der Waals surface area contributed by atoms with Gasteiger partial charge in [-0.05, 0) is 12.1 Å². The van der Waals surface area contributed by atoms with Crippen molar-refractivity contribution in [1.82, 2.24) is 0 Å². The highest BCUT2D eigenvalue weighted by molar-refractivity contribution is 7.80. The number of alkyl halides is 3. The third-order valence-corrected chi connectivity index (χ3v) is 2.20. The lowest BCUT2D eigenvalue weighted by Crippen LogP contribution is -2.13. The number of carbonyl (C=O) groups excluding carboxylic acids is 1. The van der Waals surface area contributed by atoms with Crippen LogP contribution in [-0.4, -0.2) is 13.1 Å².